The van der Waals surface area contributed by atoms with E-state index in [-0.39, 0.29) is 11.3 Å². The molecule has 1 amide bonds. The highest BCUT2D eigenvalue weighted by Crippen LogP contribution is 2.42. The monoisotopic (exact) mass is 350 g/mol. The van der Waals surface area contributed by atoms with Gasteiger partial charge in [0.25, 0.3) is 5.91 Å². The van der Waals surface area contributed by atoms with Crippen molar-refractivity contribution >= 4 is 17.2 Å². The summed E-state index contributed by atoms with van der Waals surface area (Å²) in [5.74, 6) is 0.665. The van der Waals surface area contributed by atoms with Crippen molar-refractivity contribution in [3.63, 3.8) is 0 Å². The molecule has 3 fully saturated rings. The predicted molar refractivity (Wildman–Crippen MR) is 93.7 cm³/mol. The molecule has 3 aliphatic rings. The normalized spacial score (nSPS) is 30.8. The molecule has 0 unspecified atom stereocenters. The van der Waals surface area contributed by atoms with Gasteiger partial charge < -0.3 is 14.4 Å². The molecule has 5 nitrogen and oxygen atoms in total. The topological polar surface area (TPSA) is 42.0 Å². The van der Waals surface area contributed by atoms with Gasteiger partial charge in [-0.15, -0.1) is 11.3 Å². The van der Waals surface area contributed by atoms with Crippen LogP contribution in [0.2, 0.25) is 0 Å². The molecule has 6 heteroatoms. The number of morpholine rings is 1. The van der Waals surface area contributed by atoms with Crippen molar-refractivity contribution in [1.29, 1.82) is 0 Å². The number of carbonyl (C=O) groups is 1. The highest BCUT2D eigenvalue weighted by molar-refractivity contribution is 7.14. The van der Waals surface area contributed by atoms with Crippen LogP contribution < -0.4 is 0 Å². The van der Waals surface area contributed by atoms with Gasteiger partial charge in [0.2, 0.25) is 0 Å². The van der Waals surface area contributed by atoms with E-state index in [1.807, 2.05) is 6.07 Å². The molecule has 0 N–H and O–H groups in total. The summed E-state index contributed by atoms with van der Waals surface area (Å²) in [7, 11) is 0. The van der Waals surface area contributed by atoms with Crippen molar-refractivity contribution in [2.45, 2.75) is 13.8 Å². The Morgan fingerprint density at radius 3 is 2.83 bits per heavy atom. The average Bonchev–Trinajstić information content (AvgIpc) is 3.20. The lowest BCUT2D eigenvalue weighted by atomic mass is 9.80. The summed E-state index contributed by atoms with van der Waals surface area (Å²) < 4.78 is 11.3. The van der Waals surface area contributed by atoms with Crippen LogP contribution in [-0.4, -0.2) is 74.9 Å². The predicted octanol–water partition coefficient (Wildman–Crippen LogP) is 1.79. The van der Waals surface area contributed by atoms with Crippen LogP contribution in [0.3, 0.4) is 0 Å². The molecule has 0 spiro atoms. The van der Waals surface area contributed by atoms with Gasteiger partial charge in [-0.05, 0) is 25.5 Å². The molecule has 0 bridgehead atoms. The van der Waals surface area contributed by atoms with Crippen molar-refractivity contribution in [3.05, 3.63) is 21.4 Å². The summed E-state index contributed by atoms with van der Waals surface area (Å²) in [6.45, 7) is 12.0. The lowest BCUT2D eigenvalue weighted by Crippen LogP contribution is -2.47. The van der Waals surface area contributed by atoms with E-state index in [9.17, 15) is 4.79 Å². The Bertz CT molecular complexity index is 606. The Morgan fingerprint density at radius 1 is 1.33 bits per heavy atom. The molecule has 2 atom stereocenters. The summed E-state index contributed by atoms with van der Waals surface area (Å²) >= 11 is 1.62. The third-order valence-electron chi connectivity index (χ3n) is 5.83. The van der Waals surface area contributed by atoms with E-state index in [2.05, 4.69) is 23.6 Å². The van der Waals surface area contributed by atoms with Crippen LogP contribution in [0.1, 0.15) is 20.1 Å². The fourth-order valence-corrected chi connectivity index (χ4v) is 5.25. The van der Waals surface area contributed by atoms with Crippen LogP contribution >= 0.6 is 11.3 Å². The van der Waals surface area contributed by atoms with Gasteiger partial charge in [-0.1, -0.05) is 0 Å². The first-order chi connectivity index (χ1) is 11.6. The number of hydrogen-bond donors (Lipinski definition) is 0. The molecule has 0 saturated carbocycles. The third-order valence-corrected chi connectivity index (χ3v) is 6.97. The average molecular weight is 350 g/mol. The van der Waals surface area contributed by atoms with E-state index >= 15 is 0 Å². The minimum Gasteiger partial charge on any atom is -0.380 e. The van der Waals surface area contributed by atoms with Crippen LogP contribution in [0.5, 0.6) is 0 Å². The molecule has 4 heterocycles. The minimum atomic E-state index is 0.106. The van der Waals surface area contributed by atoms with Crippen LogP contribution in [-0.2, 0) is 9.47 Å². The van der Waals surface area contributed by atoms with E-state index in [4.69, 9.17) is 9.47 Å². The lowest BCUT2D eigenvalue weighted by molar-refractivity contribution is 0.0104. The second-order valence-corrected chi connectivity index (χ2v) is 8.75. The van der Waals surface area contributed by atoms with E-state index in [0.29, 0.717) is 5.92 Å². The molecule has 3 saturated heterocycles. The molecule has 0 aromatic carbocycles. The fourth-order valence-electron chi connectivity index (χ4n) is 4.25. The van der Waals surface area contributed by atoms with E-state index < -0.39 is 0 Å². The summed E-state index contributed by atoms with van der Waals surface area (Å²) in [5, 5.41) is 0. The standard InChI is InChI=1S/C18H26N2O3S/c1-13-7-16(24-14(13)2)17(21)20-8-15-9-23-12-18(15,11-20)10-19-3-5-22-6-4-19/h7,15H,3-6,8-12H2,1-2H3/t15-,18+/m1/s1. The number of carbonyl (C=O) groups excluding carboxylic acids is 1. The lowest BCUT2D eigenvalue weighted by Gasteiger charge is -2.36. The van der Waals surface area contributed by atoms with E-state index in [1.165, 1.54) is 10.4 Å². The Labute approximate surface area is 147 Å². The first kappa shape index (κ1) is 16.5. The Hall–Kier alpha value is -0.950. The quantitative estimate of drug-likeness (QED) is 0.833. The number of hydrogen-bond acceptors (Lipinski definition) is 5. The number of aryl methyl sites for hydroxylation is 2. The summed E-state index contributed by atoms with van der Waals surface area (Å²) in [6, 6.07) is 2.04. The highest BCUT2D eigenvalue weighted by Gasteiger charge is 2.52. The maximum Gasteiger partial charge on any atom is 0.263 e. The number of rotatable bonds is 3. The maximum atomic E-state index is 12.9. The van der Waals surface area contributed by atoms with Crippen LogP contribution in [0.25, 0.3) is 0 Å². The molecule has 0 radical (unpaired) electrons. The summed E-state index contributed by atoms with van der Waals surface area (Å²) in [6.07, 6.45) is 0. The molecule has 24 heavy (non-hydrogen) atoms. The van der Waals surface area contributed by atoms with Crippen molar-refractivity contribution in [2.75, 3.05) is 59.2 Å². The van der Waals surface area contributed by atoms with Gasteiger partial charge in [0.1, 0.15) is 0 Å². The van der Waals surface area contributed by atoms with Gasteiger partial charge in [0, 0.05) is 48.9 Å². The highest BCUT2D eigenvalue weighted by atomic mass is 32.1. The molecular weight excluding hydrogens is 324 g/mol. The number of likely N-dealkylation sites (tertiary alicyclic amines) is 1. The van der Waals surface area contributed by atoms with Gasteiger partial charge in [-0.3, -0.25) is 9.69 Å². The molecule has 4 rings (SSSR count). The number of amides is 1. The molecular formula is C18H26N2O3S. The molecule has 1 aromatic heterocycles. The smallest absolute Gasteiger partial charge is 0.263 e. The Morgan fingerprint density at radius 2 is 2.12 bits per heavy atom. The van der Waals surface area contributed by atoms with Crippen molar-refractivity contribution in [3.8, 4) is 0 Å². The molecule has 1 aromatic rings. The number of nitrogens with zero attached hydrogens (tertiary/aromatic N) is 2. The molecule has 0 aliphatic carbocycles. The van der Waals surface area contributed by atoms with Gasteiger partial charge in [-0.2, -0.15) is 0 Å². The summed E-state index contributed by atoms with van der Waals surface area (Å²) in [5.41, 5.74) is 1.32. The van der Waals surface area contributed by atoms with E-state index in [1.54, 1.807) is 11.3 Å². The zero-order chi connectivity index (χ0) is 16.7. The second kappa shape index (κ2) is 6.41. The zero-order valence-electron chi connectivity index (χ0n) is 14.5. The zero-order valence-corrected chi connectivity index (χ0v) is 15.4. The van der Waals surface area contributed by atoms with Crippen molar-refractivity contribution in [2.24, 2.45) is 11.3 Å². The van der Waals surface area contributed by atoms with E-state index in [0.717, 1.165) is 64.0 Å². The van der Waals surface area contributed by atoms with Gasteiger partial charge in [0.05, 0.1) is 31.3 Å². The largest absolute Gasteiger partial charge is 0.380 e. The van der Waals surface area contributed by atoms with Crippen molar-refractivity contribution in [1.82, 2.24) is 9.80 Å². The molecule has 3 aliphatic heterocycles. The Kier molecular flexibility index (Phi) is 4.41. The summed E-state index contributed by atoms with van der Waals surface area (Å²) in [4.78, 5) is 19.6. The fraction of sp³-hybridized carbons (Fsp3) is 0.722. The third kappa shape index (κ3) is 2.90. The Balaban J connectivity index is 1.49. The van der Waals surface area contributed by atoms with Crippen LogP contribution in [0.15, 0.2) is 6.07 Å². The first-order valence-corrected chi connectivity index (χ1v) is 9.63. The van der Waals surface area contributed by atoms with Gasteiger partial charge in [-0.25, -0.2) is 0 Å². The van der Waals surface area contributed by atoms with Gasteiger partial charge in [0.15, 0.2) is 0 Å². The van der Waals surface area contributed by atoms with Crippen molar-refractivity contribution < 1.29 is 14.3 Å². The number of fused-ring (bicyclic) bond motifs is 1. The SMILES string of the molecule is Cc1cc(C(=O)N2C[C@@H]3COC[C@]3(CN3CCOCC3)C2)sc1C. The van der Waals surface area contributed by atoms with Gasteiger partial charge >= 0.3 is 0 Å². The molecule has 132 valence electrons. The minimum absolute atomic E-state index is 0.106. The number of ether oxygens (including phenoxy) is 2. The van der Waals surface area contributed by atoms with Crippen LogP contribution in [0, 0.1) is 25.2 Å². The first-order valence-electron chi connectivity index (χ1n) is 8.82. The number of thiophene rings is 1. The van der Waals surface area contributed by atoms with Crippen LogP contribution in [0.4, 0.5) is 0 Å². The maximum absolute atomic E-state index is 12.9. The second-order valence-electron chi connectivity index (χ2n) is 7.50.